The van der Waals surface area contributed by atoms with Gasteiger partial charge in [0.1, 0.15) is 5.75 Å². The Hall–Kier alpha value is -4.20. The molecule has 38 heavy (non-hydrogen) atoms. The number of methoxy groups -OCH3 is 2. The van der Waals surface area contributed by atoms with Crippen LogP contribution in [0.3, 0.4) is 0 Å². The van der Waals surface area contributed by atoms with Gasteiger partial charge in [-0.05, 0) is 72.9 Å². The summed E-state index contributed by atoms with van der Waals surface area (Å²) >= 11 is 0. The highest BCUT2D eigenvalue weighted by Crippen LogP contribution is 2.30. The molecule has 0 fully saturated rings. The standard InChI is InChI=1S/C30H35N3O5/c1-19(2)22-7-9-24(10-8-22)31-30(35)32-25-11-13-26-23(17-25)18-33(29(34)20(3)38-26)15-14-21-6-12-27(36-4)28(16-21)37-5/h6-13,16-17,19-20H,14-15,18H2,1-5H3,(H2,31,32,35). The first kappa shape index (κ1) is 26.9. The van der Waals surface area contributed by atoms with Gasteiger partial charge in [-0.2, -0.15) is 0 Å². The lowest BCUT2D eigenvalue weighted by Crippen LogP contribution is -2.39. The number of carbonyl (C=O) groups is 2. The van der Waals surface area contributed by atoms with Crippen LogP contribution in [-0.2, 0) is 17.8 Å². The maximum atomic E-state index is 13.1. The average Bonchev–Trinajstić information content (AvgIpc) is 3.02. The van der Waals surface area contributed by atoms with Gasteiger partial charge in [-0.3, -0.25) is 4.79 Å². The Balaban J connectivity index is 1.44. The second-order valence-electron chi connectivity index (χ2n) is 9.64. The Morgan fingerprint density at radius 2 is 1.66 bits per heavy atom. The van der Waals surface area contributed by atoms with Crippen molar-refractivity contribution < 1.29 is 23.8 Å². The summed E-state index contributed by atoms with van der Waals surface area (Å²) in [4.78, 5) is 27.5. The Bertz CT molecular complexity index is 1290. The predicted molar refractivity (Wildman–Crippen MR) is 148 cm³/mol. The van der Waals surface area contributed by atoms with E-state index in [0.717, 1.165) is 11.1 Å². The highest BCUT2D eigenvalue weighted by molar-refractivity contribution is 5.99. The van der Waals surface area contributed by atoms with Crippen LogP contribution in [0.5, 0.6) is 17.2 Å². The fraction of sp³-hybridized carbons (Fsp3) is 0.333. The minimum absolute atomic E-state index is 0.0845. The summed E-state index contributed by atoms with van der Waals surface area (Å²) in [5.74, 6) is 2.29. The van der Waals surface area contributed by atoms with Gasteiger partial charge in [0.25, 0.3) is 5.91 Å². The Morgan fingerprint density at radius 1 is 0.974 bits per heavy atom. The van der Waals surface area contributed by atoms with E-state index in [-0.39, 0.29) is 11.9 Å². The number of hydrogen-bond acceptors (Lipinski definition) is 5. The van der Waals surface area contributed by atoms with Gasteiger partial charge >= 0.3 is 6.03 Å². The molecule has 1 aliphatic rings. The van der Waals surface area contributed by atoms with Crippen molar-refractivity contribution in [3.8, 4) is 17.2 Å². The molecule has 3 aromatic carbocycles. The number of ether oxygens (including phenoxy) is 3. The third-order valence-corrected chi connectivity index (χ3v) is 6.60. The summed E-state index contributed by atoms with van der Waals surface area (Å²) in [6.07, 6.45) is 0.0296. The predicted octanol–water partition coefficient (Wildman–Crippen LogP) is 5.82. The molecule has 8 heteroatoms. The van der Waals surface area contributed by atoms with E-state index in [1.54, 1.807) is 38.2 Å². The zero-order valence-electron chi connectivity index (χ0n) is 22.5. The van der Waals surface area contributed by atoms with Crippen molar-refractivity contribution in [3.05, 3.63) is 77.4 Å². The molecule has 0 saturated carbocycles. The van der Waals surface area contributed by atoms with Crippen LogP contribution in [0.2, 0.25) is 0 Å². The molecular weight excluding hydrogens is 482 g/mol. The molecule has 0 spiro atoms. The summed E-state index contributed by atoms with van der Waals surface area (Å²) in [6, 6.07) is 18.6. The van der Waals surface area contributed by atoms with E-state index < -0.39 is 6.10 Å². The van der Waals surface area contributed by atoms with Crippen molar-refractivity contribution in [2.75, 3.05) is 31.4 Å². The van der Waals surface area contributed by atoms with Crippen LogP contribution in [0, 0.1) is 0 Å². The highest BCUT2D eigenvalue weighted by Gasteiger charge is 2.28. The van der Waals surface area contributed by atoms with Crippen LogP contribution in [0.15, 0.2) is 60.7 Å². The number of carbonyl (C=O) groups excluding carboxylic acids is 2. The van der Waals surface area contributed by atoms with Gasteiger partial charge in [-0.1, -0.05) is 32.0 Å². The van der Waals surface area contributed by atoms with Crippen molar-refractivity contribution in [1.29, 1.82) is 0 Å². The largest absolute Gasteiger partial charge is 0.493 e. The molecule has 3 amide bonds. The molecule has 200 valence electrons. The molecule has 8 nitrogen and oxygen atoms in total. The number of fused-ring (bicyclic) bond motifs is 1. The molecule has 1 aliphatic heterocycles. The fourth-order valence-corrected chi connectivity index (χ4v) is 4.41. The van der Waals surface area contributed by atoms with Crippen LogP contribution in [-0.4, -0.2) is 43.7 Å². The van der Waals surface area contributed by atoms with E-state index in [9.17, 15) is 9.59 Å². The summed E-state index contributed by atoms with van der Waals surface area (Å²) in [6.45, 7) is 6.89. The first-order valence-electron chi connectivity index (χ1n) is 12.7. The van der Waals surface area contributed by atoms with Gasteiger partial charge in [-0.25, -0.2) is 4.79 Å². The average molecular weight is 518 g/mol. The number of amides is 3. The molecule has 0 bridgehead atoms. The number of rotatable bonds is 8. The number of benzene rings is 3. The minimum atomic E-state index is -0.613. The molecule has 1 heterocycles. The summed E-state index contributed by atoms with van der Waals surface area (Å²) in [5.41, 5.74) is 4.40. The molecular formula is C30H35N3O5. The van der Waals surface area contributed by atoms with E-state index >= 15 is 0 Å². The Kier molecular flexibility index (Phi) is 8.41. The number of urea groups is 1. The molecule has 1 unspecified atom stereocenters. The quantitative estimate of drug-likeness (QED) is 0.393. The summed E-state index contributed by atoms with van der Waals surface area (Å²) in [5, 5.41) is 5.74. The summed E-state index contributed by atoms with van der Waals surface area (Å²) in [7, 11) is 3.20. The number of nitrogens with zero attached hydrogens (tertiary/aromatic N) is 1. The highest BCUT2D eigenvalue weighted by atomic mass is 16.5. The normalized spacial score (nSPS) is 14.8. The molecule has 4 rings (SSSR count). The smallest absolute Gasteiger partial charge is 0.323 e. The van der Waals surface area contributed by atoms with E-state index in [1.165, 1.54) is 5.56 Å². The minimum Gasteiger partial charge on any atom is -0.493 e. The molecule has 0 saturated heterocycles. The molecule has 1 atom stereocenters. The molecule has 0 aromatic heterocycles. The fourth-order valence-electron chi connectivity index (χ4n) is 4.41. The third kappa shape index (κ3) is 6.37. The lowest BCUT2D eigenvalue weighted by atomic mass is 10.0. The lowest BCUT2D eigenvalue weighted by molar-refractivity contribution is -0.137. The van der Waals surface area contributed by atoms with Crippen LogP contribution < -0.4 is 24.8 Å². The van der Waals surface area contributed by atoms with Crippen molar-refractivity contribution in [2.24, 2.45) is 0 Å². The second kappa shape index (κ2) is 11.9. The SMILES string of the molecule is COc1ccc(CCN2Cc3cc(NC(=O)Nc4ccc(C(C)C)cc4)ccc3OC(C)C2=O)cc1OC. The van der Waals surface area contributed by atoms with E-state index in [1.807, 2.05) is 48.5 Å². The van der Waals surface area contributed by atoms with Crippen LogP contribution >= 0.6 is 0 Å². The Morgan fingerprint density at radius 3 is 2.34 bits per heavy atom. The molecule has 2 N–H and O–H groups in total. The van der Waals surface area contributed by atoms with Crippen molar-refractivity contribution >= 4 is 23.3 Å². The zero-order valence-corrected chi connectivity index (χ0v) is 22.5. The first-order chi connectivity index (χ1) is 18.3. The molecule has 0 aliphatic carbocycles. The van der Waals surface area contributed by atoms with E-state index in [0.29, 0.717) is 54.1 Å². The van der Waals surface area contributed by atoms with Crippen molar-refractivity contribution in [1.82, 2.24) is 4.90 Å². The maximum absolute atomic E-state index is 13.1. The van der Waals surface area contributed by atoms with Gasteiger partial charge in [0, 0.05) is 30.0 Å². The van der Waals surface area contributed by atoms with Gasteiger partial charge in [0.05, 0.1) is 14.2 Å². The lowest BCUT2D eigenvalue weighted by Gasteiger charge is -2.22. The third-order valence-electron chi connectivity index (χ3n) is 6.60. The van der Waals surface area contributed by atoms with Crippen LogP contribution in [0.1, 0.15) is 43.4 Å². The van der Waals surface area contributed by atoms with Gasteiger partial charge in [0.15, 0.2) is 17.6 Å². The van der Waals surface area contributed by atoms with Gasteiger partial charge < -0.3 is 29.7 Å². The van der Waals surface area contributed by atoms with Crippen molar-refractivity contribution in [2.45, 2.75) is 45.8 Å². The van der Waals surface area contributed by atoms with Crippen LogP contribution in [0.25, 0.3) is 0 Å². The number of hydrogen-bond donors (Lipinski definition) is 2. The van der Waals surface area contributed by atoms with Gasteiger partial charge in [0.2, 0.25) is 0 Å². The van der Waals surface area contributed by atoms with E-state index in [2.05, 4.69) is 24.5 Å². The summed E-state index contributed by atoms with van der Waals surface area (Å²) < 4.78 is 16.7. The maximum Gasteiger partial charge on any atom is 0.323 e. The zero-order chi connectivity index (χ0) is 27.2. The topological polar surface area (TPSA) is 89.1 Å². The first-order valence-corrected chi connectivity index (χ1v) is 12.7. The van der Waals surface area contributed by atoms with Crippen molar-refractivity contribution in [3.63, 3.8) is 0 Å². The molecule has 0 radical (unpaired) electrons. The second-order valence-corrected chi connectivity index (χ2v) is 9.64. The van der Waals surface area contributed by atoms with Gasteiger partial charge in [-0.15, -0.1) is 0 Å². The monoisotopic (exact) mass is 517 g/mol. The van der Waals surface area contributed by atoms with Crippen LogP contribution in [0.4, 0.5) is 16.2 Å². The molecule has 3 aromatic rings. The van der Waals surface area contributed by atoms with E-state index in [4.69, 9.17) is 14.2 Å². The number of nitrogens with one attached hydrogen (secondary N) is 2. The Labute approximate surface area is 223 Å². The number of anilines is 2.